The van der Waals surface area contributed by atoms with E-state index >= 15 is 0 Å². The standard InChI is InChI=1S/C12H17N3OS/c1-2-3-4-14-9-6-11-10(5-8(9)13)15-12(16)7-17-11/h5-6,14H,2-4,7,13H2,1H3,(H,15,16). The SMILES string of the molecule is CCCCNc1cc2c(cc1N)NC(=O)CS2. The van der Waals surface area contributed by atoms with E-state index in [1.165, 1.54) is 0 Å². The predicted octanol–water partition coefficient (Wildman–Crippen LogP) is 2.53. The molecule has 0 radical (unpaired) electrons. The Kier molecular flexibility index (Phi) is 3.78. The minimum absolute atomic E-state index is 0.0357. The average Bonchev–Trinajstić information content (AvgIpc) is 2.30. The van der Waals surface area contributed by atoms with Crippen LogP contribution in [0.2, 0.25) is 0 Å². The molecule has 0 aromatic heterocycles. The van der Waals surface area contributed by atoms with Crippen molar-refractivity contribution in [1.29, 1.82) is 0 Å². The molecule has 17 heavy (non-hydrogen) atoms. The predicted molar refractivity (Wildman–Crippen MR) is 73.6 cm³/mol. The van der Waals surface area contributed by atoms with Crippen LogP contribution in [0.25, 0.3) is 0 Å². The van der Waals surface area contributed by atoms with Crippen molar-refractivity contribution in [2.75, 3.05) is 28.7 Å². The highest BCUT2D eigenvalue weighted by atomic mass is 32.2. The number of amides is 1. The van der Waals surface area contributed by atoms with Crippen LogP contribution in [0.1, 0.15) is 19.8 Å². The number of nitrogen functional groups attached to an aromatic ring is 1. The second-order valence-electron chi connectivity index (χ2n) is 4.05. The zero-order valence-corrected chi connectivity index (χ0v) is 10.7. The molecule has 0 atom stereocenters. The molecule has 0 unspecified atom stereocenters. The number of nitrogens with two attached hydrogens (primary N) is 1. The zero-order chi connectivity index (χ0) is 12.3. The van der Waals surface area contributed by atoms with Gasteiger partial charge in [-0.05, 0) is 18.6 Å². The van der Waals surface area contributed by atoms with Gasteiger partial charge in [-0.15, -0.1) is 11.8 Å². The third kappa shape index (κ3) is 2.85. The van der Waals surface area contributed by atoms with E-state index in [0.717, 1.165) is 35.7 Å². The van der Waals surface area contributed by atoms with Crippen molar-refractivity contribution >= 4 is 34.7 Å². The maximum Gasteiger partial charge on any atom is 0.234 e. The summed E-state index contributed by atoms with van der Waals surface area (Å²) in [7, 11) is 0. The van der Waals surface area contributed by atoms with Gasteiger partial charge >= 0.3 is 0 Å². The molecule has 0 bridgehead atoms. The Morgan fingerprint density at radius 1 is 1.53 bits per heavy atom. The molecule has 92 valence electrons. The van der Waals surface area contributed by atoms with Gasteiger partial charge in [-0.3, -0.25) is 4.79 Å². The first-order chi connectivity index (χ1) is 8.20. The maximum absolute atomic E-state index is 11.2. The number of hydrogen-bond acceptors (Lipinski definition) is 4. The van der Waals surface area contributed by atoms with Crippen LogP contribution in [0, 0.1) is 0 Å². The van der Waals surface area contributed by atoms with E-state index in [-0.39, 0.29) is 5.91 Å². The smallest absolute Gasteiger partial charge is 0.234 e. The molecule has 4 nitrogen and oxygen atoms in total. The summed E-state index contributed by atoms with van der Waals surface area (Å²) in [5.41, 5.74) is 8.42. The third-order valence-electron chi connectivity index (χ3n) is 2.63. The molecular weight excluding hydrogens is 234 g/mol. The average molecular weight is 251 g/mol. The molecule has 5 heteroatoms. The van der Waals surface area contributed by atoms with Crippen LogP contribution in [-0.4, -0.2) is 18.2 Å². The number of fused-ring (bicyclic) bond motifs is 1. The molecule has 4 N–H and O–H groups in total. The lowest BCUT2D eigenvalue weighted by molar-refractivity contribution is -0.113. The molecule has 1 aromatic rings. The number of unbranched alkanes of at least 4 members (excludes halogenated alkanes) is 1. The Morgan fingerprint density at radius 3 is 3.12 bits per heavy atom. The van der Waals surface area contributed by atoms with E-state index in [2.05, 4.69) is 17.6 Å². The highest BCUT2D eigenvalue weighted by Gasteiger charge is 2.17. The number of anilines is 3. The summed E-state index contributed by atoms with van der Waals surface area (Å²) in [5, 5.41) is 6.15. The Hall–Kier alpha value is -1.36. The van der Waals surface area contributed by atoms with E-state index in [0.29, 0.717) is 11.4 Å². The first kappa shape index (κ1) is 12.1. The quantitative estimate of drug-likeness (QED) is 0.568. The zero-order valence-electron chi connectivity index (χ0n) is 9.88. The van der Waals surface area contributed by atoms with Crippen molar-refractivity contribution in [1.82, 2.24) is 0 Å². The molecule has 1 aliphatic heterocycles. The highest BCUT2D eigenvalue weighted by Crippen LogP contribution is 2.36. The largest absolute Gasteiger partial charge is 0.397 e. The molecule has 1 amide bonds. The van der Waals surface area contributed by atoms with Crippen LogP contribution in [0.4, 0.5) is 17.1 Å². The lowest BCUT2D eigenvalue weighted by Gasteiger charge is -2.19. The summed E-state index contributed by atoms with van der Waals surface area (Å²) >= 11 is 1.55. The van der Waals surface area contributed by atoms with Crippen molar-refractivity contribution in [2.45, 2.75) is 24.7 Å². The van der Waals surface area contributed by atoms with Gasteiger partial charge in [0.25, 0.3) is 0 Å². The van der Waals surface area contributed by atoms with Crippen molar-refractivity contribution in [3.63, 3.8) is 0 Å². The Balaban J connectivity index is 2.16. The summed E-state index contributed by atoms with van der Waals surface area (Å²) in [6, 6.07) is 3.85. The van der Waals surface area contributed by atoms with Crippen LogP contribution in [0.5, 0.6) is 0 Å². The number of hydrogen-bond donors (Lipinski definition) is 3. The van der Waals surface area contributed by atoms with Crippen LogP contribution in [0.3, 0.4) is 0 Å². The molecule has 0 aliphatic carbocycles. The van der Waals surface area contributed by atoms with E-state index in [4.69, 9.17) is 5.73 Å². The van der Waals surface area contributed by atoms with E-state index in [9.17, 15) is 4.79 Å². The van der Waals surface area contributed by atoms with E-state index in [1.54, 1.807) is 11.8 Å². The first-order valence-electron chi connectivity index (χ1n) is 5.80. The van der Waals surface area contributed by atoms with Gasteiger partial charge in [0.05, 0.1) is 22.8 Å². The van der Waals surface area contributed by atoms with Crippen LogP contribution >= 0.6 is 11.8 Å². The Labute approximate surface area is 105 Å². The fourth-order valence-electron chi connectivity index (χ4n) is 1.70. The van der Waals surface area contributed by atoms with Crippen molar-refractivity contribution < 1.29 is 4.79 Å². The van der Waals surface area contributed by atoms with Gasteiger partial charge in [-0.2, -0.15) is 0 Å². The molecule has 1 aliphatic rings. The van der Waals surface area contributed by atoms with Gasteiger partial charge in [0.1, 0.15) is 0 Å². The molecule has 2 rings (SSSR count). The molecule has 1 aromatic carbocycles. The fourth-order valence-corrected chi connectivity index (χ4v) is 2.52. The number of rotatable bonds is 4. The second-order valence-corrected chi connectivity index (χ2v) is 5.07. The second kappa shape index (κ2) is 5.31. The molecule has 0 spiro atoms. The lowest BCUT2D eigenvalue weighted by Crippen LogP contribution is -2.19. The number of benzene rings is 1. The number of carbonyl (C=O) groups excluding carboxylic acids is 1. The van der Waals surface area contributed by atoms with Gasteiger partial charge in [0, 0.05) is 11.4 Å². The molecular formula is C12H17N3OS. The van der Waals surface area contributed by atoms with Gasteiger partial charge in [-0.25, -0.2) is 0 Å². The van der Waals surface area contributed by atoms with Crippen LogP contribution in [0.15, 0.2) is 17.0 Å². The van der Waals surface area contributed by atoms with E-state index < -0.39 is 0 Å². The molecule has 0 saturated carbocycles. The van der Waals surface area contributed by atoms with Gasteiger partial charge in [-0.1, -0.05) is 13.3 Å². The molecule has 1 heterocycles. The van der Waals surface area contributed by atoms with Crippen molar-refractivity contribution in [2.24, 2.45) is 0 Å². The van der Waals surface area contributed by atoms with Crippen molar-refractivity contribution in [3.05, 3.63) is 12.1 Å². The van der Waals surface area contributed by atoms with Crippen LogP contribution in [-0.2, 0) is 4.79 Å². The summed E-state index contributed by atoms with van der Waals surface area (Å²) < 4.78 is 0. The normalized spacial score (nSPS) is 14.1. The third-order valence-corrected chi connectivity index (χ3v) is 3.69. The topological polar surface area (TPSA) is 67.2 Å². The van der Waals surface area contributed by atoms with Crippen molar-refractivity contribution in [3.8, 4) is 0 Å². The number of carbonyl (C=O) groups is 1. The first-order valence-corrected chi connectivity index (χ1v) is 6.79. The minimum atomic E-state index is 0.0357. The Morgan fingerprint density at radius 2 is 2.35 bits per heavy atom. The van der Waals surface area contributed by atoms with Gasteiger partial charge < -0.3 is 16.4 Å². The summed E-state index contributed by atoms with van der Waals surface area (Å²) in [6.45, 7) is 3.08. The fraction of sp³-hybridized carbons (Fsp3) is 0.417. The summed E-state index contributed by atoms with van der Waals surface area (Å²) in [6.07, 6.45) is 2.28. The van der Waals surface area contributed by atoms with Gasteiger partial charge in [0.15, 0.2) is 0 Å². The van der Waals surface area contributed by atoms with Gasteiger partial charge in [0.2, 0.25) is 5.91 Å². The highest BCUT2D eigenvalue weighted by molar-refractivity contribution is 8.00. The monoisotopic (exact) mass is 251 g/mol. The summed E-state index contributed by atoms with van der Waals surface area (Å²) in [5.74, 6) is 0.513. The minimum Gasteiger partial charge on any atom is -0.397 e. The van der Waals surface area contributed by atoms with Crippen LogP contribution < -0.4 is 16.4 Å². The lowest BCUT2D eigenvalue weighted by atomic mass is 10.2. The number of thioether (sulfide) groups is 1. The molecule has 0 saturated heterocycles. The van der Waals surface area contributed by atoms with E-state index in [1.807, 2.05) is 12.1 Å². The number of nitrogens with one attached hydrogen (secondary N) is 2. The molecule has 0 fully saturated rings. The maximum atomic E-state index is 11.2. The summed E-state index contributed by atoms with van der Waals surface area (Å²) in [4.78, 5) is 12.3. The Bertz CT molecular complexity index is 434.